The van der Waals surface area contributed by atoms with Gasteiger partial charge in [-0.2, -0.15) is 5.10 Å². The number of aliphatic hydroxyl groups excluding tert-OH is 1. The summed E-state index contributed by atoms with van der Waals surface area (Å²) in [6.07, 6.45) is 1.70. The fraction of sp³-hybridized carbons (Fsp3) is 0.0500. The highest BCUT2D eigenvalue weighted by atomic mass is 35.5. The Kier molecular flexibility index (Phi) is 4.11. The third-order valence-electron chi connectivity index (χ3n) is 4.27. The molecule has 0 aliphatic heterocycles. The summed E-state index contributed by atoms with van der Waals surface area (Å²) in [4.78, 5) is 0. The van der Waals surface area contributed by atoms with E-state index < -0.39 is 11.6 Å². The van der Waals surface area contributed by atoms with Gasteiger partial charge >= 0.3 is 0 Å². The predicted molar refractivity (Wildman–Crippen MR) is 99.1 cm³/mol. The van der Waals surface area contributed by atoms with Crippen LogP contribution < -0.4 is 0 Å². The smallest absolute Gasteiger partial charge is 0.164 e. The Balaban J connectivity index is 1.79. The zero-order valence-electron chi connectivity index (χ0n) is 13.5. The third kappa shape index (κ3) is 2.81. The Hall–Kier alpha value is -2.89. The lowest BCUT2D eigenvalue weighted by atomic mass is 10.0. The van der Waals surface area contributed by atoms with E-state index in [1.165, 1.54) is 12.1 Å². The molecule has 4 aromatic rings. The fourth-order valence-corrected chi connectivity index (χ4v) is 3.24. The zero-order chi connectivity index (χ0) is 18.3. The lowest BCUT2D eigenvalue weighted by Gasteiger charge is -2.08. The van der Waals surface area contributed by atoms with E-state index in [0.29, 0.717) is 10.7 Å². The molecule has 0 aliphatic carbocycles. The molecule has 0 saturated carbocycles. The molecule has 0 amide bonds. The first kappa shape index (κ1) is 16.6. The van der Waals surface area contributed by atoms with Crippen LogP contribution in [0.1, 0.15) is 5.56 Å². The van der Waals surface area contributed by atoms with Gasteiger partial charge in [-0.3, -0.25) is 0 Å². The number of halogens is 2. The Bertz CT molecular complexity index is 1120. The maximum atomic E-state index is 13.3. The minimum absolute atomic E-state index is 0.0592. The summed E-state index contributed by atoms with van der Waals surface area (Å²) in [5, 5.41) is 24.6. The van der Waals surface area contributed by atoms with Crippen molar-refractivity contribution in [2.45, 2.75) is 6.61 Å². The quantitative estimate of drug-likeness (QED) is 0.552. The van der Waals surface area contributed by atoms with Crippen molar-refractivity contribution in [1.29, 1.82) is 0 Å². The van der Waals surface area contributed by atoms with E-state index in [-0.39, 0.29) is 6.61 Å². The minimum atomic E-state index is -0.673. The molecule has 4 nitrogen and oxygen atoms in total. The van der Waals surface area contributed by atoms with Crippen LogP contribution in [0.25, 0.3) is 27.7 Å². The second kappa shape index (κ2) is 6.44. The molecule has 3 aromatic carbocycles. The molecular weight excluding hydrogens is 355 g/mol. The average Bonchev–Trinajstić information content (AvgIpc) is 3.07. The van der Waals surface area contributed by atoms with Gasteiger partial charge in [-0.1, -0.05) is 29.8 Å². The highest BCUT2D eigenvalue weighted by molar-refractivity contribution is 6.33. The first-order valence-electron chi connectivity index (χ1n) is 7.93. The number of phenolic OH excluding ortho intramolecular Hbond substituents is 1. The van der Waals surface area contributed by atoms with Crippen LogP contribution in [-0.4, -0.2) is 20.0 Å². The van der Waals surface area contributed by atoms with Gasteiger partial charge in [0.25, 0.3) is 0 Å². The monoisotopic (exact) mass is 368 g/mol. The molecule has 130 valence electrons. The molecule has 26 heavy (non-hydrogen) atoms. The van der Waals surface area contributed by atoms with Gasteiger partial charge < -0.3 is 10.2 Å². The van der Waals surface area contributed by atoms with Crippen molar-refractivity contribution in [3.8, 4) is 22.6 Å². The van der Waals surface area contributed by atoms with Gasteiger partial charge in [0.1, 0.15) is 0 Å². The van der Waals surface area contributed by atoms with Gasteiger partial charge in [-0.25, -0.2) is 9.07 Å². The summed E-state index contributed by atoms with van der Waals surface area (Å²) >= 11 is 6.33. The van der Waals surface area contributed by atoms with Gasteiger partial charge in [0, 0.05) is 22.0 Å². The van der Waals surface area contributed by atoms with Gasteiger partial charge in [0.15, 0.2) is 11.6 Å². The molecule has 0 radical (unpaired) electrons. The maximum Gasteiger partial charge on any atom is 0.164 e. The van der Waals surface area contributed by atoms with Gasteiger partial charge in [0.2, 0.25) is 0 Å². The number of benzene rings is 3. The molecular formula is C20H14ClFN2O2. The molecule has 2 N–H and O–H groups in total. The molecule has 0 bridgehead atoms. The summed E-state index contributed by atoms with van der Waals surface area (Å²) in [5.74, 6) is -1.09. The Labute approximate surface area is 153 Å². The van der Waals surface area contributed by atoms with Crippen LogP contribution in [-0.2, 0) is 6.61 Å². The Morgan fingerprint density at radius 1 is 1.04 bits per heavy atom. The van der Waals surface area contributed by atoms with Crippen molar-refractivity contribution in [3.05, 3.63) is 77.2 Å². The van der Waals surface area contributed by atoms with Crippen molar-refractivity contribution in [3.63, 3.8) is 0 Å². The predicted octanol–water partition coefficient (Wildman–Crippen LogP) is 4.68. The van der Waals surface area contributed by atoms with E-state index in [0.717, 1.165) is 27.6 Å². The molecule has 0 aliphatic rings. The summed E-state index contributed by atoms with van der Waals surface area (Å²) in [5.41, 5.74) is 3.93. The number of phenols is 1. The first-order chi connectivity index (χ1) is 12.6. The minimum Gasteiger partial charge on any atom is -0.505 e. The van der Waals surface area contributed by atoms with Gasteiger partial charge in [0.05, 0.1) is 24.0 Å². The van der Waals surface area contributed by atoms with Crippen LogP contribution in [0.5, 0.6) is 5.75 Å². The normalized spacial score (nSPS) is 11.2. The van der Waals surface area contributed by atoms with Crippen LogP contribution in [0.4, 0.5) is 4.39 Å². The van der Waals surface area contributed by atoms with Crippen molar-refractivity contribution in [2.24, 2.45) is 0 Å². The number of rotatable bonds is 3. The van der Waals surface area contributed by atoms with E-state index >= 15 is 0 Å². The topological polar surface area (TPSA) is 58.3 Å². The van der Waals surface area contributed by atoms with Gasteiger partial charge in [-0.15, -0.1) is 0 Å². The molecule has 1 aromatic heterocycles. The molecule has 6 heteroatoms. The molecule has 0 atom stereocenters. The average molecular weight is 369 g/mol. The Morgan fingerprint density at radius 2 is 1.88 bits per heavy atom. The lowest BCUT2D eigenvalue weighted by Crippen LogP contribution is -1.96. The second-order valence-electron chi connectivity index (χ2n) is 5.94. The summed E-state index contributed by atoms with van der Waals surface area (Å²) in [6, 6.07) is 15.3. The zero-order valence-corrected chi connectivity index (χ0v) is 14.3. The third-order valence-corrected chi connectivity index (χ3v) is 4.58. The number of aromatic nitrogens is 2. The second-order valence-corrected chi connectivity index (χ2v) is 6.35. The van der Waals surface area contributed by atoms with Crippen LogP contribution in [0.3, 0.4) is 0 Å². The summed E-state index contributed by atoms with van der Waals surface area (Å²) in [7, 11) is 0. The van der Waals surface area contributed by atoms with Crippen molar-refractivity contribution in [2.75, 3.05) is 0 Å². The van der Waals surface area contributed by atoms with Crippen molar-refractivity contribution < 1.29 is 14.6 Å². The maximum absolute atomic E-state index is 13.3. The molecule has 4 rings (SSSR count). The van der Waals surface area contributed by atoms with Crippen LogP contribution >= 0.6 is 11.6 Å². The highest BCUT2D eigenvalue weighted by Gasteiger charge is 2.11. The van der Waals surface area contributed by atoms with E-state index in [1.54, 1.807) is 23.0 Å². The molecule has 0 unspecified atom stereocenters. The number of nitrogens with zero attached hydrogens (tertiary/aromatic N) is 2. The van der Waals surface area contributed by atoms with Crippen molar-refractivity contribution >= 4 is 22.5 Å². The summed E-state index contributed by atoms with van der Waals surface area (Å²) in [6.45, 7) is -0.0592. The number of hydrogen-bond donors (Lipinski definition) is 2. The number of aliphatic hydroxyl groups is 1. The number of hydrogen-bond acceptors (Lipinski definition) is 3. The SMILES string of the molecule is OCc1ccc(-c2ccc3c(cnn3-c3ccc(F)c(O)c3)c2)c(Cl)c1. The largest absolute Gasteiger partial charge is 0.505 e. The van der Waals surface area contributed by atoms with Crippen LogP contribution in [0.15, 0.2) is 60.8 Å². The van der Waals surface area contributed by atoms with Gasteiger partial charge in [-0.05, 0) is 41.5 Å². The molecule has 1 heterocycles. The lowest BCUT2D eigenvalue weighted by molar-refractivity contribution is 0.282. The molecule has 0 fully saturated rings. The Morgan fingerprint density at radius 3 is 2.62 bits per heavy atom. The highest BCUT2D eigenvalue weighted by Crippen LogP contribution is 2.32. The standard InChI is InChI=1S/C20H14ClFN2O2/c21-17-7-12(11-25)1-4-16(17)13-2-6-19-14(8-13)10-23-24(19)15-3-5-18(22)20(26)9-15/h1-10,25-26H,11H2. The van der Waals surface area contributed by atoms with E-state index in [2.05, 4.69) is 5.10 Å². The summed E-state index contributed by atoms with van der Waals surface area (Å²) < 4.78 is 14.9. The molecule has 0 saturated heterocycles. The van der Waals surface area contributed by atoms with E-state index in [1.807, 2.05) is 30.3 Å². The number of fused-ring (bicyclic) bond motifs is 1. The van der Waals surface area contributed by atoms with Crippen LogP contribution in [0, 0.1) is 5.82 Å². The number of aromatic hydroxyl groups is 1. The van der Waals surface area contributed by atoms with E-state index in [9.17, 15) is 14.6 Å². The fourth-order valence-electron chi connectivity index (χ4n) is 2.93. The van der Waals surface area contributed by atoms with E-state index in [4.69, 9.17) is 11.6 Å². The van der Waals surface area contributed by atoms with Crippen molar-refractivity contribution in [1.82, 2.24) is 9.78 Å². The first-order valence-corrected chi connectivity index (χ1v) is 8.31. The van der Waals surface area contributed by atoms with Crippen LogP contribution in [0.2, 0.25) is 5.02 Å². The molecule has 0 spiro atoms.